The van der Waals surface area contributed by atoms with Crippen molar-refractivity contribution in [1.29, 1.82) is 0 Å². The van der Waals surface area contributed by atoms with Crippen molar-refractivity contribution in [2.75, 3.05) is 5.75 Å². The fourth-order valence-corrected chi connectivity index (χ4v) is 3.64. The predicted octanol–water partition coefficient (Wildman–Crippen LogP) is 3.43. The Balaban J connectivity index is 2.17. The number of thioether (sulfide) groups is 1. The summed E-state index contributed by atoms with van der Waals surface area (Å²) < 4.78 is 0. The molecule has 1 aliphatic carbocycles. The lowest BCUT2D eigenvalue weighted by Crippen LogP contribution is -2.25. The Hall–Kier alpha value is 0.310. The molecule has 0 spiro atoms. The van der Waals surface area contributed by atoms with Gasteiger partial charge in [-0.15, -0.1) is 0 Å². The molecule has 0 amide bonds. The van der Waals surface area contributed by atoms with Crippen LogP contribution in [0.1, 0.15) is 52.4 Å². The van der Waals surface area contributed by atoms with Crippen LogP contribution in [0.4, 0.5) is 0 Å². The van der Waals surface area contributed by atoms with E-state index in [0.717, 1.165) is 23.3 Å². The summed E-state index contributed by atoms with van der Waals surface area (Å²) >= 11 is 2.12. The van der Waals surface area contributed by atoms with E-state index < -0.39 is 0 Å². The summed E-state index contributed by atoms with van der Waals surface area (Å²) in [5.74, 6) is 2.16. The molecule has 0 bridgehead atoms. The summed E-state index contributed by atoms with van der Waals surface area (Å²) in [5, 5.41) is 0.909. The molecule has 0 radical (unpaired) electrons. The van der Waals surface area contributed by atoms with E-state index in [1.54, 1.807) is 0 Å². The van der Waals surface area contributed by atoms with Gasteiger partial charge in [-0.25, -0.2) is 0 Å². The van der Waals surface area contributed by atoms with Crippen LogP contribution in [0.25, 0.3) is 0 Å². The van der Waals surface area contributed by atoms with Crippen LogP contribution >= 0.6 is 11.8 Å². The van der Waals surface area contributed by atoms with E-state index in [1.807, 2.05) is 0 Å². The molecule has 1 rings (SSSR count). The molecule has 0 heterocycles. The SMILES string of the molecule is CCC(N)CSC1CCCC(CC)C1. The number of nitrogens with two attached hydrogens (primary N) is 1. The molecule has 0 aliphatic heterocycles. The summed E-state index contributed by atoms with van der Waals surface area (Å²) in [7, 11) is 0. The van der Waals surface area contributed by atoms with E-state index in [4.69, 9.17) is 5.73 Å². The van der Waals surface area contributed by atoms with Gasteiger partial charge in [0, 0.05) is 17.0 Å². The van der Waals surface area contributed by atoms with Crippen molar-refractivity contribution in [2.24, 2.45) is 11.7 Å². The monoisotopic (exact) mass is 215 g/mol. The third-order valence-corrected chi connectivity index (χ3v) is 4.90. The first-order chi connectivity index (χ1) is 6.76. The van der Waals surface area contributed by atoms with E-state index in [-0.39, 0.29) is 0 Å². The summed E-state index contributed by atoms with van der Waals surface area (Å²) in [6, 6.07) is 0.419. The zero-order chi connectivity index (χ0) is 10.4. The van der Waals surface area contributed by atoms with Crippen LogP contribution in [0.5, 0.6) is 0 Å². The van der Waals surface area contributed by atoms with Crippen molar-refractivity contribution in [3.05, 3.63) is 0 Å². The lowest BCUT2D eigenvalue weighted by atomic mass is 9.87. The van der Waals surface area contributed by atoms with Gasteiger partial charge >= 0.3 is 0 Å². The Bertz CT molecular complexity index is 149. The molecule has 3 unspecified atom stereocenters. The van der Waals surface area contributed by atoms with Gasteiger partial charge < -0.3 is 5.73 Å². The van der Waals surface area contributed by atoms with Crippen LogP contribution in [-0.2, 0) is 0 Å². The molecule has 1 saturated carbocycles. The van der Waals surface area contributed by atoms with Gasteiger partial charge in [0.05, 0.1) is 0 Å². The van der Waals surface area contributed by atoms with Crippen molar-refractivity contribution < 1.29 is 0 Å². The first-order valence-electron chi connectivity index (χ1n) is 6.13. The maximum absolute atomic E-state index is 5.94. The molecule has 0 saturated heterocycles. The average Bonchev–Trinajstić information content (AvgIpc) is 2.26. The highest BCUT2D eigenvalue weighted by Crippen LogP contribution is 2.33. The van der Waals surface area contributed by atoms with Crippen LogP contribution in [-0.4, -0.2) is 17.0 Å². The quantitative estimate of drug-likeness (QED) is 0.760. The second-order valence-corrected chi connectivity index (χ2v) is 5.90. The standard InChI is InChI=1S/C12H25NS/c1-3-10-6-5-7-12(8-10)14-9-11(13)4-2/h10-12H,3-9,13H2,1-2H3. The molecule has 0 aromatic heterocycles. The Kier molecular flexibility index (Phi) is 5.95. The predicted molar refractivity (Wildman–Crippen MR) is 66.8 cm³/mol. The van der Waals surface area contributed by atoms with Crippen molar-refractivity contribution >= 4 is 11.8 Å². The van der Waals surface area contributed by atoms with E-state index in [2.05, 4.69) is 25.6 Å². The molecule has 84 valence electrons. The molecule has 1 aliphatic rings. The molecule has 1 nitrogen and oxygen atoms in total. The van der Waals surface area contributed by atoms with Crippen LogP contribution < -0.4 is 5.73 Å². The van der Waals surface area contributed by atoms with Gasteiger partial charge in [0.25, 0.3) is 0 Å². The summed E-state index contributed by atoms with van der Waals surface area (Å²) in [6.07, 6.45) is 8.27. The highest BCUT2D eigenvalue weighted by Gasteiger charge is 2.21. The molecule has 2 heteroatoms. The molecular formula is C12H25NS. The van der Waals surface area contributed by atoms with E-state index in [9.17, 15) is 0 Å². The van der Waals surface area contributed by atoms with E-state index in [1.165, 1.54) is 32.1 Å². The fraction of sp³-hybridized carbons (Fsp3) is 1.00. The molecular weight excluding hydrogens is 190 g/mol. The fourth-order valence-electron chi connectivity index (χ4n) is 2.14. The zero-order valence-corrected chi connectivity index (χ0v) is 10.5. The average molecular weight is 215 g/mol. The topological polar surface area (TPSA) is 26.0 Å². The van der Waals surface area contributed by atoms with Crippen molar-refractivity contribution in [1.82, 2.24) is 0 Å². The molecule has 2 N–H and O–H groups in total. The lowest BCUT2D eigenvalue weighted by molar-refractivity contribution is 0.357. The van der Waals surface area contributed by atoms with Gasteiger partial charge in [0.15, 0.2) is 0 Å². The number of rotatable bonds is 5. The first-order valence-corrected chi connectivity index (χ1v) is 7.18. The van der Waals surface area contributed by atoms with Crippen molar-refractivity contribution in [3.63, 3.8) is 0 Å². The Morgan fingerprint density at radius 3 is 2.79 bits per heavy atom. The smallest absolute Gasteiger partial charge is 0.0127 e. The van der Waals surface area contributed by atoms with Crippen LogP contribution in [0, 0.1) is 5.92 Å². The second-order valence-electron chi connectivity index (χ2n) is 4.56. The largest absolute Gasteiger partial charge is 0.327 e. The number of hydrogen-bond donors (Lipinski definition) is 1. The Labute approximate surface area is 93.2 Å². The third kappa shape index (κ3) is 4.22. The second kappa shape index (κ2) is 6.73. The Morgan fingerprint density at radius 1 is 1.36 bits per heavy atom. The van der Waals surface area contributed by atoms with Crippen molar-refractivity contribution in [2.45, 2.75) is 63.7 Å². The molecule has 14 heavy (non-hydrogen) atoms. The van der Waals surface area contributed by atoms with Gasteiger partial charge in [0.1, 0.15) is 0 Å². The minimum Gasteiger partial charge on any atom is -0.327 e. The minimum absolute atomic E-state index is 0.419. The highest BCUT2D eigenvalue weighted by molar-refractivity contribution is 7.99. The highest BCUT2D eigenvalue weighted by atomic mass is 32.2. The van der Waals surface area contributed by atoms with Crippen molar-refractivity contribution in [3.8, 4) is 0 Å². The molecule has 0 aromatic carbocycles. The number of hydrogen-bond acceptors (Lipinski definition) is 2. The van der Waals surface area contributed by atoms with Crippen LogP contribution in [0.15, 0.2) is 0 Å². The maximum Gasteiger partial charge on any atom is 0.0127 e. The van der Waals surface area contributed by atoms with Gasteiger partial charge in [-0.2, -0.15) is 11.8 Å². The summed E-state index contributed by atoms with van der Waals surface area (Å²) in [5.41, 5.74) is 5.94. The summed E-state index contributed by atoms with van der Waals surface area (Å²) in [6.45, 7) is 4.51. The third-order valence-electron chi connectivity index (χ3n) is 3.38. The zero-order valence-electron chi connectivity index (χ0n) is 9.67. The molecule has 3 atom stereocenters. The van der Waals surface area contributed by atoms with E-state index >= 15 is 0 Å². The van der Waals surface area contributed by atoms with Crippen LogP contribution in [0.2, 0.25) is 0 Å². The molecule has 1 fully saturated rings. The maximum atomic E-state index is 5.94. The lowest BCUT2D eigenvalue weighted by Gasteiger charge is -2.28. The van der Waals surface area contributed by atoms with Crippen LogP contribution in [0.3, 0.4) is 0 Å². The van der Waals surface area contributed by atoms with Gasteiger partial charge in [-0.1, -0.05) is 33.1 Å². The van der Waals surface area contributed by atoms with Gasteiger partial charge in [-0.05, 0) is 25.2 Å². The minimum atomic E-state index is 0.419. The Morgan fingerprint density at radius 2 is 2.14 bits per heavy atom. The van der Waals surface area contributed by atoms with Gasteiger partial charge in [0.2, 0.25) is 0 Å². The van der Waals surface area contributed by atoms with E-state index in [0.29, 0.717) is 6.04 Å². The summed E-state index contributed by atoms with van der Waals surface area (Å²) in [4.78, 5) is 0. The first kappa shape index (κ1) is 12.4. The van der Waals surface area contributed by atoms with Gasteiger partial charge in [-0.3, -0.25) is 0 Å². The normalized spacial score (nSPS) is 30.2. The molecule has 0 aromatic rings.